The van der Waals surface area contributed by atoms with Crippen LogP contribution in [-0.4, -0.2) is 12.4 Å². The molecular weight excluding hydrogens is 254 g/mol. The molecule has 0 aliphatic carbocycles. The lowest BCUT2D eigenvalue weighted by atomic mass is 9.98. The van der Waals surface area contributed by atoms with Gasteiger partial charge < -0.3 is 0 Å². The van der Waals surface area contributed by atoms with Crippen molar-refractivity contribution >= 4 is 12.6 Å². The van der Waals surface area contributed by atoms with E-state index in [1.54, 1.807) is 0 Å². The maximum atomic E-state index is 12.3. The molecule has 0 N–H and O–H groups in total. The van der Waals surface area contributed by atoms with Crippen molar-refractivity contribution in [3.63, 3.8) is 0 Å². The van der Waals surface area contributed by atoms with Crippen molar-refractivity contribution in [2.45, 2.75) is 23.2 Å². The predicted octanol–water partition coefficient (Wildman–Crippen LogP) is 4.18. The topological polar surface area (TPSA) is 0 Å². The third-order valence-corrected chi connectivity index (χ3v) is 2.18. The molecule has 0 radical (unpaired) electrons. The molecule has 1 aromatic carbocycles. The van der Waals surface area contributed by atoms with Gasteiger partial charge in [-0.05, 0) is 17.7 Å². The lowest BCUT2D eigenvalue weighted by Crippen LogP contribution is -2.34. The summed E-state index contributed by atoms with van der Waals surface area (Å²) in [6.45, 7) is 0. The predicted molar refractivity (Wildman–Crippen MR) is 48.5 cm³/mol. The SMILES string of the molecule is FC(F)(F)C(c1ccc(S)cc1)C(F)(F)F. The Morgan fingerprint density at radius 3 is 1.50 bits per heavy atom. The van der Waals surface area contributed by atoms with Crippen LogP contribution in [-0.2, 0) is 0 Å². The summed E-state index contributed by atoms with van der Waals surface area (Å²) in [5, 5.41) is 0. The van der Waals surface area contributed by atoms with E-state index in [-0.39, 0.29) is 0 Å². The molecule has 0 spiro atoms. The fraction of sp³-hybridized carbons (Fsp3) is 0.333. The van der Waals surface area contributed by atoms with Crippen LogP contribution in [0.2, 0.25) is 0 Å². The van der Waals surface area contributed by atoms with Gasteiger partial charge in [0.2, 0.25) is 0 Å². The largest absolute Gasteiger partial charge is 0.404 e. The Hall–Kier alpha value is -0.850. The molecule has 0 heterocycles. The van der Waals surface area contributed by atoms with Gasteiger partial charge in [-0.2, -0.15) is 26.3 Å². The van der Waals surface area contributed by atoms with Crippen LogP contribution in [0, 0.1) is 0 Å². The van der Waals surface area contributed by atoms with Gasteiger partial charge >= 0.3 is 12.4 Å². The molecule has 0 unspecified atom stereocenters. The van der Waals surface area contributed by atoms with Crippen molar-refractivity contribution in [1.29, 1.82) is 0 Å². The molecule has 0 aliphatic rings. The Balaban J connectivity index is 3.18. The molecule has 0 bridgehead atoms. The minimum atomic E-state index is -5.35. The van der Waals surface area contributed by atoms with Crippen LogP contribution in [0.3, 0.4) is 0 Å². The van der Waals surface area contributed by atoms with Crippen molar-refractivity contribution in [3.8, 4) is 0 Å². The molecule has 0 saturated carbocycles. The van der Waals surface area contributed by atoms with E-state index in [2.05, 4.69) is 12.6 Å². The van der Waals surface area contributed by atoms with Gasteiger partial charge in [0.1, 0.15) is 0 Å². The maximum absolute atomic E-state index is 12.3. The van der Waals surface area contributed by atoms with Crippen LogP contribution >= 0.6 is 12.6 Å². The molecule has 16 heavy (non-hydrogen) atoms. The summed E-state index contributed by atoms with van der Waals surface area (Å²) in [5.74, 6) is -3.45. The van der Waals surface area contributed by atoms with E-state index >= 15 is 0 Å². The molecule has 0 nitrogen and oxygen atoms in total. The Morgan fingerprint density at radius 1 is 0.812 bits per heavy atom. The lowest BCUT2D eigenvalue weighted by Gasteiger charge is -2.23. The standard InChI is InChI=1S/C9H6F6S/c10-8(11,12)7(9(13,14)15)5-1-3-6(16)4-2-5/h1-4,7,16H. The molecule has 1 rings (SSSR count). The summed E-state index contributed by atoms with van der Waals surface area (Å²) in [6.07, 6.45) is -10.7. The van der Waals surface area contributed by atoms with Crippen LogP contribution in [0.1, 0.15) is 11.5 Å². The number of hydrogen-bond acceptors (Lipinski definition) is 1. The highest BCUT2D eigenvalue weighted by Crippen LogP contribution is 2.46. The first-order chi connectivity index (χ1) is 7.12. The number of rotatable bonds is 1. The van der Waals surface area contributed by atoms with E-state index in [9.17, 15) is 26.3 Å². The van der Waals surface area contributed by atoms with Crippen LogP contribution in [0.15, 0.2) is 29.2 Å². The molecular formula is C9H6F6S. The van der Waals surface area contributed by atoms with Gasteiger partial charge in [0.15, 0.2) is 5.92 Å². The summed E-state index contributed by atoms with van der Waals surface area (Å²) in [5.41, 5.74) is -0.835. The average molecular weight is 260 g/mol. The summed E-state index contributed by atoms with van der Waals surface area (Å²) >= 11 is 3.78. The van der Waals surface area contributed by atoms with Crippen molar-refractivity contribution in [1.82, 2.24) is 0 Å². The van der Waals surface area contributed by atoms with Crippen LogP contribution in [0.5, 0.6) is 0 Å². The number of halogens is 6. The van der Waals surface area contributed by atoms with E-state index in [0.29, 0.717) is 4.90 Å². The average Bonchev–Trinajstić information content (AvgIpc) is 2.03. The Labute approximate surface area is 92.7 Å². The molecule has 0 aromatic heterocycles. The van der Waals surface area contributed by atoms with Gasteiger partial charge in [-0.15, -0.1) is 12.6 Å². The summed E-state index contributed by atoms with van der Waals surface area (Å²) in [7, 11) is 0. The molecule has 0 fully saturated rings. The molecule has 7 heteroatoms. The van der Waals surface area contributed by atoms with E-state index in [1.807, 2.05) is 0 Å². The van der Waals surface area contributed by atoms with E-state index in [1.165, 1.54) is 0 Å². The minimum absolute atomic E-state index is 0.298. The third-order valence-electron chi connectivity index (χ3n) is 1.88. The first-order valence-electron chi connectivity index (χ1n) is 4.04. The van der Waals surface area contributed by atoms with Crippen molar-refractivity contribution < 1.29 is 26.3 Å². The first-order valence-corrected chi connectivity index (χ1v) is 4.49. The van der Waals surface area contributed by atoms with Gasteiger partial charge in [-0.1, -0.05) is 12.1 Å². The number of alkyl halides is 6. The van der Waals surface area contributed by atoms with Crippen molar-refractivity contribution in [2.75, 3.05) is 0 Å². The molecule has 0 saturated heterocycles. The lowest BCUT2D eigenvalue weighted by molar-refractivity contribution is -0.253. The van der Waals surface area contributed by atoms with E-state index < -0.39 is 23.8 Å². The van der Waals surface area contributed by atoms with Gasteiger partial charge in [-0.3, -0.25) is 0 Å². The highest BCUT2D eigenvalue weighted by molar-refractivity contribution is 7.80. The Bertz CT molecular complexity index is 336. The van der Waals surface area contributed by atoms with Gasteiger partial charge in [-0.25, -0.2) is 0 Å². The number of thiol groups is 1. The normalized spacial score (nSPS) is 13.2. The second-order valence-corrected chi connectivity index (χ2v) is 3.62. The zero-order valence-electron chi connectivity index (χ0n) is 7.60. The van der Waals surface area contributed by atoms with Crippen LogP contribution in [0.25, 0.3) is 0 Å². The molecule has 0 amide bonds. The van der Waals surface area contributed by atoms with Crippen LogP contribution in [0.4, 0.5) is 26.3 Å². The number of benzene rings is 1. The van der Waals surface area contributed by atoms with E-state index in [4.69, 9.17) is 0 Å². The van der Waals surface area contributed by atoms with E-state index in [0.717, 1.165) is 24.3 Å². The van der Waals surface area contributed by atoms with Crippen LogP contribution < -0.4 is 0 Å². The zero-order chi connectivity index (χ0) is 12.6. The third kappa shape index (κ3) is 3.07. The van der Waals surface area contributed by atoms with Gasteiger partial charge in [0.25, 0.3) is 0 Å². The Morgan fingerprint density at radius 2 is 1.19 bits per heavy atom. The fourth-order valence-electron chi connectivity index (χ4n) is 1.23. The molecule has 0 atom stereocenters. The fourth-order valence-corrected chi connectivity index (χ4v) is 1.38. The van der Waals surface area contributed by atoms with Gasteiger partial charge in [0.05, 0.1) is 0 Å². The quantitative estimate of drug-likeness (QED) is 0.568. The summed E-state index contributed by atoms with van der Waals surface area (Å²) < 4.78 is 73.6. The smallest absolute Gasteiger partial charge is 0.170 e. The van der Waals surface area contributed by atoms with Crippen molar-refractivity contribution in [2.24, 2.45) is 0 Å². The summed E-state index contributed by atoms with van der Waals surface area (Å²) in [4.78, 5) is 0.298. The first kappa shape index (κ1) is 13.2. The monoisotopic (exact) mass is 260 g/mol. The molecule has 90 valence electrons. The van der Waals surface area contributed by atoms with Gasteiger partial charge in [0, 0.05) is 4.90 Å². The number of hydrogen-bond donors (Lipinski definition) is 1. The minimum Gasteiger partial charge on any atom is -0.170 e. The molecule has 1 aromatic rings. The van der Waals surface area contributed by atoms with Crippen molar-refractivity contribution in [3.05, 3.63) is 29.8 Å². The molecule has 0 aliphatic heterocycles. The zero-order valence-corrected chi connectivity index (χ0v) is 8.50. The highest BCUT2D eigenvalue weighted by atomic mass is 32.1. The second kappa shape index (κ2) is 4.20. The highest BCUT2D eigenvalue weighted by Gasteiger charge is 2.57. The maximum Gasteiger partial charge on any atom is 0.404 e. The summed E-state index contributed by atoms with van der Waals surface area (Å²) in [6, 6.07) is 3.72. The Kier molecular flexibility index (Phi) is 3.47. The second-order valence-electron chi connectivity index (χ2n) is 3.11.